The van der Waals surface area contributed by atoms with Gasteiger partial charge in [-0.05, 0) is 60.5 Å². The fourth-order valence-corrected chi connectivity index (χ4v) is 5.34. The maximum absolute atomic E-state index is 12.9. The van der Waals surface area contributed by atoms with E-state index in [9.17, 15) is 13.2 Å². The van der Waals surface area contributed by atoms with E-state index in [1.54, 1.807) is 36.4 Å². The van der Waals surface area contributed by atoms with Gasteiger partial charge in [0.15, 0.2) is 0 Å². The second-order valence-corrected chi connectivity index (χ2v) is 11.1. The van der Waals surface area contributed by atoms with E-state index < -0.39 is 10.0 Å². The number of carbonyl (C=O) groups is 1. The predicted molar refractivity (Wildman–Crippen MR) is 139 cm³/mol. The molecule has 7 nitrogen and oxygen atoms in total. The molecule has 186 valence electrons. The number of hydrogen-bond acceptors (Lipinski definition) is 5. The van der Waals surface area contributed by atoms with Gasteiger partial charge >= 0.3 is 0 Å². The van der Waals surface area contributed by atoms with Crippen molar-refractivity contribution < 1.29 is 17.9 Å². The van der Waals surface area contributed by atoms with Gasteiger partial charge in [-0.3, -0.25) is 14.4 Å². The molecule has 1 fully saturated rings. The Morgan fingerprint density at radius 3 is 2.43 bits per heavy atom. The summed E-state index contributed by atoms with van der Waals surface area (Å²) in [7, 11) is -3.44. The lowest BCUT2D eigenvalue weighted by molar-refractivity contribution is 0.0408. The molecule has 3 aromatic rings. The summed E-state index contributed by atoms with van der Waals surface area (Å²) in [6.45, 7) is 7.24. The van der Waals surface area contributed by atoms with Gasteiger partial charge in [0, 0.05) is 47.5 Å². The number of rotatable bonds is 9. The van der Waals surface area contributed by atoms with E-state index in [0.717, 1.165) is 29.9 Å². The fourth-order valence-electron chi connectivity index (χ4n) is 4.12. The molecule has 1 aromatic heterocycles. The minimum absolute atomic E-state index is 0.00700. The molecule has 2 N–H and O–H groups in total. The van der Waals surface area contributed by atoms with Crippen LogP contribution in [0.1, 0.15) is 45.7 Å². The zero-order chi connectivity index (χ0) is 25.0. The lowest BCUT2D eigenvalue weighted by atomic mass is 9.97. The van der Waals surface area contributed by atoms with E-state index in [1.165, 1.54) is 0 Å². The van der Waals surface area contributed by atoms with Crippen molar-refractivity contribution in [3.8, 4) is 0 Å². The number of benzene rings is 2. The van der Waals surface area contributed by atoms with Gasteiger partial charge in [-0.15, -0.1) is 0 Å². The molecule has 2 aromatic carbocycles. The van der Waals surface area contributed by atoms with Crippen molar-refractivity contribution in [3.05, 3.63) is 87.7 Å². The number of nitrogens with zero attached hydrogens (tertiary/aromatic N) is 1. The van der Waals surface area contributed by atoms with Crippen LogP contribution >= 0.6 is 11.6 Å². The first-order valence-corrected chi connectivity index (χ1v) is 13.7. The highest BCUT2D eigenvalue weighted by Gasteiger charge is 2.19. The van der Waals surface area contributed by atoms with Crippen LogP contribution in [-0.4, -0.2) is 62.7 Å². The number of sulfonamides is 1. The number of morpholine rings is 1. The number of aromatic nitrogens is 1. The summed E-state index contributed by atoms with van der Waals surface area (Å²) in [6.07, 6.45) is 0. The summed E-state index contributed by atoms with van der Waals surface area (Å²) < 4.78 is 33.0. The van der Waals surface area contributed by atoms with Gasteiger partial charge in [-0.25, -0.2) is 8.42 Å². The van der Waals surface area contributed by atoms with E-state index in [-0.39, 0.29) is 17.5 Å². The van der Waals surface area contributed by atoms with Crippen molar-refractivity contribution in [2.45, 2.75) is 19.8 Å². The van der Waals surface area contributed by atoms with Crippen molar-refractivity contribution in [1.82, 2.24) is 9.88 Å². The first-order chi connectivity index (χ1) is 16.7. The maximum atomic E-state index is 12.9. The molecule has 35 heavy (non-hydrogen) atoms. The van der Waals surface area contributed by atoms with Gasteiger partial charge in [0.05, 0.1) is 24.7 Å². The number of nitrogens with one attached hydrogen (secondary N) is 2. The molecule has 0 aliphatic carbocycles. The standard InChI is InChI=1S/C26H30ClN3O4S/c1-18-17-24(28-25(18)26(31)21-3-7-22(27)8-4-21)19(2)20-5-9-23(10-6-20)29-35(32,33)16-13-30-11-14-34-15-12-30/h3-10,17,19,28-29H,11-16H2,1-2H3. The fraction of sp³-hybridized carbons (Fsp3) is 0.346. The molecule has 0 saturated carbocycles. The molecule has 0 radical (unpaired) electrons. The van der Waals surface area contributed by atoms with E-state index >= 15 is 0 Å². The van der Waals surface area contributed by atoms with Gasteiger partial charge in [0.25, 0.3) is 0 Å². The van der Waals surface area contributed by atoms with Crippen molar-refractivity contribution in [3.63, 3.8) is 0 Å². The highest BCUT2D eigenvalue weighted by atomic mass is 35.5. The topological polar surface area (TPSA) is 91.5 Å². The average molecular weight is 516 g/mol. The molecule has 1 unspecified atom stereocenters. The average Bonchev–Trinajstić information content (AvgIpc) is 3.25. The SMILES string of the molecule is Cc1cc(C(C)c2ccc(NS(=O)(=O)CCN3CCOCC3)cc2)[nH]c1C(=O)c1ccc(Cl)cc1. The third-order valence-electron chi connectivity index (χ3n) is 6.30. The highest BCUT2D eigenvalue weighted by Crippen LogP contribution is 2.27. The largest absolute Gasteiger partial charge is 0.379 e. The molecule has 9 heteroatoms. The molecule has 1 saturated heterocycles. The molecule has 0 bridgehead atoms. The Morgan fingerprint density at radius 2 is 1.77 bits per heavy atom. The molecule has 2 heterocycles. The van der Waals surface area contributed by atoms with E-state index in [1.807, 2.05) is 32.0 Å². The number of anilines is 1. The predicted octanol–water partition coefficient (Wildman–Crippen LogP) is 4.43. The number of ketones is 1. The van der Waals surface area contributed by atoms with Crippen LogP contribution in [0, 0.1) is 6.92 Å². The normalized spacial score (nSPS) is 15.6. The first-order valence-electron chi connectivity index (χ1n) is 11.6. The van der Waals surface area contributed by atoms with Crippen LogP contribution in [-0.2, 0) is 14.8 Å². The molecule has 0 amide bonds. The maximum Gasteiger partial charge on any atom is 0.233 e. The van der Waals surface area contributed by atoms with E-state index in [4.69, 9.17) is 16.3 Å². The second kappa shape index (κ2) is 11.0. The zero-order valence-corrected chi connectivity index (χ0v) is 21.5. The van der Waals surface area contributed by atoms with E-state index in [2.05, 4.69) is 14.6 Å². The molecule has 4 rings (SSSR count). The Hall–Kier alpha value is -2.65. The Bertz CT molecular complexity index is 1260. The molecule has 0 spiro atoms. The molecular weight excluding hydrogens is 486 g/mol. The Morgan fingerprint density at radius 1 is 1.11 bits per heavy atom. The number of aromatic amines is 1. The van der Waals surface area contributed by atoms with Gasteiger partial charge < -0.3 is 9.72 Å². The molecule has 1 atom stereocenters. The second-order valence-electron chi connectivity index (χ2n) is 8.84. The van der Waals surface area contributed by atoms with Crippen LogP contribution in [0.3, 0.4) is 0 Å². The molecular formula is C26H30ClN3O4S. The Kier molecular flexibility index (Phi) is 7.96. The number of H-pyrrole nitrogens is 1. The Balaban J connectivity index is 1.40. The van der Waals surface area contributed by atoms with Gasteiger partial charge in [0.2, 0.25) is 15.8 Å². The zero-order valence-electron chi connectivity index (χ0n) is 19.9. The first kappa shape index (κ1) is 25.4. The molecule has 1 aliphatic rings. The van der Waals surface area contributed by atoms with Gasteiger partial charge in [-0.1, -0.05) is 30.7 Å². The minimum atomic E-state index is -3.44. The van der Waals surface area contributed by atoms with Crippen LogP contribution in [0.15, 0.2) is 54.6 Å². The van der Waals surface area contributed by atoms with E-state index in [0.29, 0.717) is 41.7 Å². The van der Waals surface area contributed by atoms with Crippen molar-refractivity contribution in [1.29, 1.82) is 0 Å². The van der Waals surface area contributed by atoms with Crippen molar-refractivity contribution >= 4 is 33.1 Å². The number of halogens is 1. The van der Waals surface area contributed by atoms with Gasteiger partial charge in [0.1, 0.15) is 0 Å². The Labute approximate surface area is 211 Å². The minimum Gasteiger partial charge on any atom is -0.379 e. The van der Waals surface area contributed by atoms with Crippen molar-refractivity contribution in [2.75, 3.05) is 43.3 Å². The third kappa shape index (κ3) is 6.52. The summed E-state index contributed by atoms with van der Waals surface area (Å²) in [5, 5.41) is 0.585. The lowest BCUT2D eigenvalue weighted by Crippen LogP contribution is -2.39. The number of hydrogen-bond donors (Lipinski definition) is 2. The third-order valence-corrected chi connectivity index (χ3v) is 7.82. The van der Waals surface area contributed by atoms with Crippen LogP contribution < -0.4 is 4.72 Å². The van der Waals surface area contributed by atoms with Crippen molar-refractivity contribution in [2.24, 2.45) is 0 Å². The summed E-state index contributed by atoms with van der Waals surface area (Å²) >= 11 is 5.94. The van der Waals surface area contributed by atoms with Crippen LogP contribution in [0.4, 0.5) is 5.69 Å². The monoisotopic (exact) mass is 515 g/mol. The summed E-state index contributed by atoms with van der Waals surface area (Å²) in [5.74, 6) is -0.0518. The number of carbonyl (C=O) groups excluding carboxylic acids is 1. The summed E-state index contributed by atoms with van der Waals surface area (Å²) in [4.78, 5) is 18.3. The lowest BCUT2D eigenvalue weighted by Gasteiger charge is -2.26. The van der Waals surface area contributed by atoms with Crippen LogP contribution in [0.5, 0.6) is 0 Å². The smallest absolute Gasteiger partial charge is 0.233 e. The number of aryl methyl sites for hydroxylation is 1. The van der Waals surface area contributed by atoms with Crippen LogP contribution in [0.25, 0.3) is 0 Å². The van der Waals surface area contributed by atoms with Gasteiger partial charge in [-0.2, -0.15) is 0 Å². The molecule has 1 aliphatic heterocycles. The van der Waals surface area contributed by atoms with Crippen LogP contribution in [0.2, 0.25) is 5.02 Å². The summed E-state index contributed by atoms with van der Waals surface area (Å²) in [5.41, 5.74) is 4.45. The number of ether oxygens (including phenoxy) is 1. The quantitative estimate of drug-likeness (QED) is 0.411. The highest BCUT2D eigenvalue weighted by molar-refractivity contribution is 7.92. The summed E-state index contributed by atoms with van der Waals surface area (Å²) in [6, 6.07) is 16.2.